The molecule has 0 radical (unpaired) electrons. The summed E-state index contributed by atoms with van der Waals surface area (Å²) in [6.45, 7) is 2.12. The lowest BCUT2D eigenvalue weighted by atomic mass is 10.1. The first-order chi connectivity index (χ1) is 15.1. The van der Waals surface area contributed by atoms with Gasteiger partial charge in [-0.2, -0.15) is 0 Å². The van der Waals surface area contributed by atoms with Crippen LogP contribution in [0.15, 0.2) is 77.6 Å². The van der Waals surface area contributed by atoms with Gasteiger partial charge in [-0.3, -0.25) is 14.2 Å². The third kappa shape index (κ3) is 4.30. The second-order valence-corrected chi connectivity index (χ2v) is 6.83. The van der Waals surface area contributed by atoms with E-state index in [1.807, 2.05) is 6.92 Å². The largest absolute Gasteiger partial charge is 0.494 e. The molecule has 0 bridgehead atoms. The van der Waals surface area contributed by atoms with Crippen molar-refractivity contribution in [2.24, 2.45) is 0 Å². The van der Waals surface area contributed by atoms with E-state index in [2.05, 4.69) is 10.3 Å². The molecule has 1 N–H and O–H groups in total. The van der Waals surface area contributed by atoms with Gasteiger partial charge in [-0.05, 0) is 55.5 Å². The predicted octanol–water partition coefficient (Wildman–Crippen LogP) is 4.24. The molecular formula is C24H20FN3O3. The van der Waals surface area contributed by atoms with Crippen LogP contribution in [-0.2, 0) is 11.3 Å². The third-order valence-electron chi connectivity index (χ3n) is 4.73. The number of hydrogen-bond donors (Lipinski definition) is 1. The minimum Gasteiger partial charge on any atom is -0.494 e. The monoisotopic (exact) mass is 417 g/mol. The predicted molar refractivity (Wildman–Crippen MR) is 118 cm³/mol. The molecule has 0 atom stereocenters. The van der Waals surface area contributed by atoms with Gasteiger partial charge in [0, 0.05) is 5.69 Å². The highest BCUT2D eigenvalue weighted by atomic mass is 19.1. The average Bonchev–Trinajstić information content (AvgIpc) is 2.78. The zero-order valence-corrected chi connectivity index (χ0v) is 16.8. The fraction of sp³-hybridized carbons (Fsp3) is 0.125. The number of aromatic nitrogens is 2. The number of fused-ring (bicyclic) bond motifs is 1. The second kappa shape index (κ2) is 8.79. The molecule has 0 saturated carbocycles. The number of carbonyl (C=O) groups excluding carboxylic acids is 1. The number of halogens is 1. The van der Waals surface area contributed by atoms with Gasteiger partial charge in [0.15, 0.2) is 0 Å². The molecule has 0 aliphatic heterocycles. The Kier molecular flexibility index (Phi) is 5.75. The minimum atomic E-state index is -0.523. The highest BCUT2D eigenvalue weighted by molar-refractivity contribution is 5.91. The van der Waals surface area contributed by atoms with Gasteiger partial charge in [-0.25, -0.2) is 9.37 Å². The number of nitrogens with one attached hydrogen (secondary N) is 1. The summed E-state index contributed by atoms with van der Waals surface area (Å²) >= 11 is 0. The number of carbonyl (C=O) groups is 1. The van der Waals surface area contributed by atoms with Crippen molar-refractivity contribution in [2.45, 2.75) is 13.5 Å². The van der Waals surface area contributed by atoms with E-state index >= 15 is 0 Å². The molecule has 0 saturated heterocycles. The zero-order valence-electron chi connectivity index (χ0n) is 16.8. The van der Waals surface area contributed by atoms with Crippen LogP contribution in [0.25, 0.3) is 22.3 Å². The first-order valence-electron chi connectivity index (χ1n) is 9.84. The molecule has 0 spiro atoms. The molecule has 6 nitrogen and oxygen atoms in total. The third-order valence-corrected chi connectivity index (χ3v) is 4.73. The molecule has 31 heavy (non-hydrogen) atoms. The van der Waals surface area contributed by atoms with Crippen LogP contribution in [0, 0.1) is 5.82 Å². The molecule has 1 aromatic heterocycles. The Morgan fingerprint density at radius 1 is 1.03 bits per heavy atom. The van der Waals surface area contributed by atoms with Gasteiger partial charge >= 0.3 is 0 Å². The fourth-order valence-corrected chi connectivity index (χ4v) is 3.31. The molecule has 0 fully saturated rings. The van der Waals surface area contributed by atoms with Gasteiger partial charge in [-0.1, -0.05) is 24.3 Å². The Hall–Kier alpha value is -4.00. The van der Waals surface area contributed by atoms with Crippen LogP contribution in [0.3, 0.4) is 0 Å². The average molecular weight is 417 g/mol. The summed E-state index contributed by atoms with van der Waals surface area (Å²) in [5.41, 5.74) is 0.738. The van der Waals surface area contributed by atoms with Gasteiger partial charge in [0.25, 0.3) is 5.56 Å². The number of benzene rings is 3. The van der Waals surface area contributed by atoms with Crippen molar-refractivity contribution in [3.8, 4) is 17.1 Å². The van der Waals surface area contributed by atoms with Crippen LogP contribution in [-0.4, -0.2) is 22.1 Å². The topological polar surface area (TPSA) is 73.2 Å². The number of para-hydroxylation sites is 1. The summed E-state index contributed by atoms with van der Waals surface area (Å²) in [6, 6.07) is 19.7. The standard InChI is InChI=1S/C24H20FN3O3/c1-2-31-17-13-11-16(12-14-17)26-22(29)15-28-23(18-7-3-5-9-20(18)25)27-21-10-6-4-8-19(21)24(28)30/h3-14H,2,15H2,1H3,(H,26,29). The molecular weight excluding hydrogens is 397 g/mol. The molecule has 1 amide bonds. The van der Waals surface area contributed by atoms with E-state index in [0.717, 1.165) is 0 Å². The van der Waals surface area contributed by atoms with Crippen LogP contribution >= 0.6 is 0 Å². The Morgan fingerprint density at radius 2 is 1.74 bits per heavy atom. The highest BCUT2D eigenvalue weighted by Gasteiger charge is 2.17. The zero-order chi connectivity index (χ0) is 21.8. The summed E-state index contributed by atoms with van der Waals surface area (Å²) < 4.78 is 21.1. The smallest absolute Gasteiger partial charge is 0.262 e. The first kappa shape index (κ1) is 20.3. The van der Waals surface area contributed by atoms with Crippen LogP contribution < -0.4 is 15.6 Å². The number of rotatable bonds is 6. The van der Waals surface area contributed by atoms with Crippen molar-refractivity contribution in [3.63, 3.8) is 0 Å². The van der Waals surface area contributed by atoms with E-state index in [9.17, 15) is 14.0 Å². The van der Waals surface area contributed by atoms with E-state index in [1.54, 1.807) is 60.7 Å². The number of amides is 1. The van der Waals surface area contributed by atoms with E-state index in [4.69, 9.17) is 4.74 Å². The van der Waals surface area contributed by atoms with Crippen LogP contribution in [0.2, 0.25) is 0 Å². The van der Waals surface area contributed by atoms with Crippen molar-refractivity contribution in [2.75, 3.05) is 11.9 Å². The van der Waals surface area contributed by atoms with Gasteiger partial charge in [-0.15, -0.1) is 0 Å². The second-order valence-electron chi connectivity index (χ2n) is 6.83. The van der Waals surface area contributed by atoms with Crippen molar-refractivity contribution in [1.82, 2.24) is 9.55 Å². The van der Waals surface area contributed by atoms with Crippen molar-refractivity contribution >= 4 is 22.5 Å². The Bertz CT molecular complexity index is 1300. The van der Waals surface area contributed by atoms with Crippen LogP contribution in [0.5, 0.6) is 5.75 Å². The van der Waals surface area contributed by atoms with E-state index in [0.29, 0.717) is 28.9 Å². The minimum absolute atomic E-state index is 0.101. The van der Waals surface area contributed by atoms with E-state index in [1.165, 1.54) is 16.7 Å². The number of nitrogens with zero attached hydrogens (tertiary/aromatic N) is 2. The van der Waals surface area contributed by atoms with Gasteiger partial charge in [0.05, 0.1) is 23.1 Å². The Labute approximate surface area is 177 Å². The van der Waals surface area contributed by atoms with Crippen molar-refractivity contribution in [1.29, 1.82) is 0 Å². The number of hydrogen-bond acceptors (Lipinski definition) is 4. The SMILES string of the molecule is CCOc1ccc(NC(=O)Cn2c(-c3ccccc3F)nc3ccccc3c2=O)cc1. The molecule has 0 unspecified atom stereocenters. The fourth-order valence-electron chi connectivity index (χ4n) is 3.31. The molecule has 1 heterocycles. The van der Waals surface area contributed by atoms with Crippen LogP contribution in [0.1, 0.15) is 6.92 Å². The molecule has 0 aliphatic carbocycles. The van der Waals surface area contributed by atoms with Gasteiger partial charge in [0.2, 0.25) is 5.91 Å². The molecule has 0 aliphatic rings. The quantitative estimate of drug-likeness (QED) is 0.509. The summed E-state index contributed by atoms with van der Waals surface area (Å²) in [7, 11) is 0. The van der Waals surface area contributed by atoms with E-state index < -0.39 is 17.3 Å². The maximum atomic E-state index is 14.5. The van der Waals surface area contributed by atoms with Crippen LogP contribution in [0.4, 0.5) is 10.1 Å². The Balaban J connectivity index is 1.71. The number of ether oxygens (including phenoxy) is 1. The lowest BCUT2D eigenvalue weighted by Crippen LogP contribution is -2.30. The Morgan fingerprint density at radius 3 is 2.48 bits per heavy atom. The maximum absolute atomic E-state index is 14.5. The molecule has 156 valence electrons. The number of anilines is 1. The van der Waals surface area contributed by atoms with Crippen molar-refractivity contribution in [3.05, 3.63) is 89.0 Å². The summed E-state index contributed by atoms with van der Waals surface area (Å²) in [5, 5.41) is 3.11. The first-order valence-corrected chi connectivity index (χ1v) is 9.84. The molecule has 4 aromatic rings. The summed E-state index contributed by atoms with van der Waals surface area (Å²) in [5.74, 6) is -0.160. The molecule has 3 aromatic carbocycles. The maximum Gasteiger partial charge on any atom is 0.262 e. The lowest BCUT2D eigenvalue weighted by molar-refractivity contribution is -0.116. The van der Waals surface area contributed by atoms with E-state index in [-0.39, 0.29) is 17.9 Å². The highest BCUT2D eigenvalue weighted by Crippen LogP contribution is 2.22. The van der Waals surface area contributed by atoms with Crippen molar-refractivity contribution < 1.29 is 13.9 Å². The normalized spacial score (nSPS) is 10.8. The summed E-state index contributed by atoms with van der Waals surface area (Å²) in [6.07, 6.45) is 0. The molecule has 4 rings (SSSR count). The summed E-state index contributed by atoms with van der Waals surface area (Å²) in [4.78, 5) is 30.4. The van der Waals surface area contributed by atoms with Gasteiger partial charge < -0.3 is 10.1 Å². The lowest BCUT2D eigenvalue weighted by Gasteiger charge is -2.14. The van der Waals surface area contributed by atoms with Gasteiger partial charge in [0.1, 0.15) is 23.9 Å². The molecule has 7 heteroatoms.